The Morgan fingerprint density at radius 1 is 1.12 bits per heavy atom. The Balaban J connectivity index is 0.000000640. The number of pyridine rings is 2. The zero-order chi connectivity index (χ0) is 9.60. The standard InChI is InChI=1S/C11H11N3.2ClH/c12-11(4-5-11)10-2-1-8-7-13-6-3-9(8)14-10;;/h1-3,6-7H,4-5,12H2;2*1H. The van der Waals surface area contributed by atoms with Crippen LogP contribution in [0.3, 0.4) is 0 Å². The highest BCUT2D eigenvalue weighted by Gasteiger charge is 2.41. The summed E-state index contributed by atoms with van der Waals surface area (Å²) in [5.74, 6) is 0. The monoisotopic (exact) mass is 257 g/mol. The predicted octanol–water partition coefficient (Wildman–Crippen LogP) is 2.42. The number of fused-ring (bicyclic) bond motifs is 1. The van der Waals surface area contributed by atoms with Crippen molar-refractivity contribution in [1.82, 2.24) is 9.97 Å². The van der Waals surface area contributed by atoms with Crippen LogP contribution in [-0.4, -0.2) is 9.97 Å². The van der Waals surface area contributed by atoms with Gasteiger partial charge in [0.1, 0.15) is 0 Å². The summed E-state index contributed by atoms with van der Waals surface area (Å²) in [6.07, 6.45) is 5.69. The normalized spacial score (nSPS) is 16.1. The molecule has 0 saturated heterocycles. The van der Waals surface area contributed by atoms with Gasteiger partial charge in [0.05, 0.1) is 16.7 Å². The number of halogens is 2. The van der Waals surface area contributed by atoms with Crippen LogP contribution in [0.4, 0.5) is 0 Å². The van der Waals surface area contributed by atoms with Crippen LogP contribution in [-0.2, 0) is 5.54 Å². The van der Waals surface area contributed by atoms with Gasteiger partial charge in [-0.3, -0.25) is 9.97 Å². The molecule has 2 heterocycles. The van der Waals surface area contributed by atoms with Crippen molar-refractivity contribution in [3.63, 3.8) is 0 Å². The summed E-state index contributed by atoms with van der Waals surface area (Å²) in [5, 5.41) is 1.07. The molecule has 0 bridgehead atoms. The lowest BCUT2D eigenvalue weighted by Gasteiger charge is -2.08. The fraction of sp³-hybridized carbons (Fsp3) is 0.273. The summed E-state index contributed by atoms with van der Waals surface area (Å²) in [6.45, 7) is 0. The Morgan fingerprint density at radius 2 is 1.88 bits per heavy atom. The maximum atomic E-state index is 6.08. The van der Waals surface area contributed by atoms with Gasteiger partial charge in [-0.2, -0.15) is 0 Å². The van der Waals surface area contributed by atoms with Crippen molar-refractivity contribution >= 4 is 35.7 Å². The summed E-state index contributed by atoms with van der Waals surface area (Å²) < 4.78 is 0. The van der Waals surface area contributed by atoms with Crippen molar-refractivity contribution in [1.29, 1.82) is 0 Å². The minimum atomic E-state index is -0.141. The second-order valence-corrected chi connectivity index (χ2v) is 3.92. The Hall–Kier alpha value is -0.900. The summed E-state index contributed by atoms with van der Waals surface area (Å²) in [7, 11) is 0. The summed E-state index contributed by atoms with van der Waals surface area (Å²) in [5.41, 5.74) is 7.93. The minimum Gasteiger partial charge on any atom is -0.320 e. The topological polar surface area (TPSA) is 51.8 Å². The lowest BCUT2D eigenvalue weighted by molar-refractivity contribution is 0.712. The fourth-order valence-electron chi connectivity index (χ4n) is 1.63. The van der Waals surface area contributed by atoms with Crippen LogP contribution in [0.5, 0.6) is 0 Å². The highest BCUT2D eigenvalue weighted by Crippen LogP contribution is 2.41. The number of nitrogens with zero attached hydrogens (tertiary/aromatic N) is 2. The van der Waals surface area contributed by atoms with E-state index in [0.717, 1.165) is 29.4 Å². The third-order valence-corrected chi connectivity index (χ3v) is 2.79. The molecule has 3 rings (SSSR count). The maximum Gasteiger partial charge on any atom is 0.0736 e. The molecule has 16 heavy (non-hydrogen) atoms. The second-order valence-electron chi connectivity index (χ2n) is 3.92. The third kappa shape index (κ3) is 2.12. The number of hydrogen-bond donors (Lipinski definition) is 1. The van der Waals surface area contributed by atoms with Gasteiger partial charge in [-0.1, -0.05) is 0 Å². The minimum absolute atomic E-state index is 0. The molecular weight excluding hydrogens is 245 g/mol. The Morgan fingerprint density at radius 3 is 2.56 bits per heavy atom. The highest BCUT2D eigenvalue weighted by molar-refractivity contribution is 5.85. The molecule has 1 fully saturated rings. The van der Waals surface area contributed by atoms with Crippen molar-refractivity contribution in [2.24, 2.45) is 5.73 Å². The van der Waals surface area contributed by atoms with Gasteiger partial charge in [0.25, 0.3) is 0 Å². The SMILES string of the molecule is Cl.Cl.NC1(c2ccc3cnccc3n2)CC1. The maximum absolute atomic E-state index is 6.08. The Labute approximate surface area is 106 Å². The molecular formula is C11H13Cl2N3. The van der Waals surface area contributed by atoms with Crippen LogP contribution in [0.1, 0.15) is 18.5 Å². The van der Waals surface area contributed by atoms with Gasteiger partial charge in [-0.15, -0.1) is 24.8 Å². The first-order chi connectivity index (χ1) is 6.78. The Bertz CT molecular complexity index is 497. The van der Waals surface area contributed by atoms with Crippen molar-refractivity contribution < 1.29 is 0 Å². The lowest BCUT2D eigenvalue weighted by atomic mass is 10.1. The first kappa shape index (κ1) is 13.2. The number of rotatable bonds is 1. The van der Waals surface area contributed by atoms with Gasteiger partial charge in [0.2, 0.25) is 0 Å². The van der Waals surface area contributed by atoms with E-state index in [1.165, 1.54) is 0 Å². The molecule has 0 radical (unpaired) electrons. The van der Waals surface area contributed by atoms with Crippen molar-refractivity contribution in [2.45, 2.75) is 18.4 Å². The second kappa shape index (κ2) is 4.53. The molecule has 0 unspecified atom stereocenters. The largest absolute Gasteiger partial charge is 0.320 e. The average molecular weight is 258 g/mol. The van der Waals surface area contributed by atoms with Crippen LogP contribution in [0.2, 0.25) is 0 Å². The molecule has 1 aliphatic rings. The molecule has 2 aromatic rings. The molecule has 0 spiro atoms. The van der Waals surface area contributed by atoms with E-state index < -0.39 is 0 Å². The molecule has 2 aromatic heterocycles. The van der Waals surface area contributed by atoms with Crippen LogP contribution in [0.25, 0.3) is 10.9 Å². The van der Waals surface area contributed by atoms with Gasteiger partial charge in [-0.25, -0.2) is 0 Å². The molecule has 0 aromatic carbocycles. The van der Waals surface area contributed by atoms with Crippen molar-refractivity contribution in [3.8, 4) is 0 Å². The predicted molar refractivity (Wildman–Crippen MR) is 69.1 cm³/mol. The van der Waals surface area contributed by atoms with Crippen molar-refractivity contribution in [3.05, 3.63) is 36.3 Å². The van der Waals surface area contributed by atoms with E-state index >= 15 is 0 Å². The van der Waals surface area contributed by atoms with Gasteiger partial charge < -0.3 is 5.73 Å². The smallest absolute Gasteiger partial charge is 0.0736 e. The zero-order valence-corrected chi connectivity index (χ0v) is 10.2. The number of aromatic nitrogens is 2. The van der Waals surface area contributed by atoms with Crippen LogP contribution < -0.4 is 5.73 Å². The van der Waals surface area contributed by atoms with Gasteiger partial charge >= 0.3 is 0 Å². The number of hydrogen-bond acceptors (Lipinski definition) is 3. The van der Waals surface area contributed by atoms with E-state index in [1.54, 1.807) is 6.20 Å². The van der Waals surface area contributed by atoms with Crippen LogP contribution >= 0.6 is 24.8 Å². The molecule has 0 amide bonds. The van der Waals surface area contributed by atoms with Gasteiger partial charge in [0.15, 0.2) is 0 Å². The average Bonchev–Trinajstić information content (AvgIpc) is 2.97. The highest BCUT2D eigenvalue weighted by atomic mass is 35.5. The zero-order valence-electron chi connectivity index (χ0n) is 8.59. The molecule has 5 heteroatoms. The molecule has 3 nitrogen and oxygen atoms in total. The van der Waals surface area contributed by atoms with Crippen molar-refractivity contribution in [2.75, 3.05) is 0 Å². The molecule has 1 saturated carbocycles. The summed E-state index contributed by atoms with van der Waals surface area (Å²) in [4.78, 5) is 8.59. The fourth-order valence-corrected chi connectivity index (χ4v) is 1.63. The molecule has 1 aliphatic carbocycles. The molecule has 2 N–H and O–H groups in total. The van der Waals surface area contributed by atoms with Gasteiger partial charge in [-0.05, 0) is 31.0 Å². The first-order valence-electron chi connectivity index (χ1n) is 4.78. The van der Waals surface area contributed by atoms with E-state index in [2.05, 4.69) is 9.97 Å². The third-order valence-electron chi connectivity index (χ3n) is 2.79. The quantitative estimate of drug-likeness (QED) is 0.854. The van der Waals surface area contributed by atoms with E-state index in [1.807, 2.05) is 24.4 Å². The molecule has 0 atom stereocenters. The van der Waals surface area contributed by atoms with Gasteiger partial charge in [0, 0.05) is 17.8 Å². The Kier molecular flexibility index (Phi) is 3.73. The van der Waals surface area contributed by atoms with E-state index in [0.29, 0.717) is 0 Å². The summed E-state index contributed by atoms with van der Waals surface area (Å²) in [6, 6.07) is 5.97. The van der Waals surface area contributed by atoms with Crippen LogP contribution in [0.15, 0.2) is 30.6 Å². The van der Waals surface area contributed by atoms with E-state index in [9.17, 15) is 0 Å². The summed E-state index contributed by atoms with van der Waals surface area (Å²) >= 11 is 0. The van der Waals surface area contributed by atoms with E-state index in [4.69, 9.17) is 5.73 Å². The number of nitrogens with two attached hydrogens (primary N) is 1. The lowest BCUT2D eigenvalue weighted by Crippen LogP contribution is -2.20. The molecule has 0 aliphatic heterocycles. The van der Waals surface area contributed by atoms with Crippen LogP contribution in [0, 0.1) is 0 Å². The van der Waals surface area contributed by atoms with E-state index in [-0.39, 0.29) is 30.4 Å². The first-order valence-corrected chi connectivity index (χ1v) is 4.78. The molecule has 86 valence electrons.